The first-order valence-corrected chi connectivity index (χ1v) is 12.2. The van der Waals surface area contributed by atoms with Crippen LogP contribution in [0.1, 0.15) is 64.0 Å². The van der Waals surface area contributed by atoms with Crippen molar-refractivity contribution in [2.45, 2.75) is 58.5 Å². The van der Waals surface area contributed by atoms with Gasteiger partial charge in [-0.1, -0.05) is 100 Å². The maximum absolute atomic E-state index is 11.3. The first-order valence-electron chi connectivity index (χ1n) is 12.2. The smallest absolute Gasteiger partial charge is 0.0918 e. The maximum Gasteiger partial charge on any atom is 0.0918 e. The van der Waals surface area contributed by atoms with E-state index in [0.717, 1.165) is 41.2 Å². The molecular formula is C29H39ClN2O. The van der Waals surface area contributed by atoms with Gasteiger partial charge in [-0.3, -0.25) is 0 Å². The molecule has 0 fully saturated rings. The summed E-state index contributed by atoms with van der Waals surface area (Å²) >= 11 is 0. The molecule has 1 unspecified atom stereocenters. The van der Waals surface area contributed by atoms with Gasteiger partial charge >= 0.3 is 0 Å². The van der Waals surface area contributed by atoms with Crippen molar-refractivity contribution in [3.63, 3.8) is 0 Å². The van der Waals surface area contributed by atoms with Gasteiger partial charge < -0.3 is 10.0 Å². The predicted molar refractivity (Wildman–Crippen MR) is 143 cm³/mol. The number of hydrogen-bond donors (Lipinski definition) is 1. The van der Waals surface area contributed by atoms with Crippen LogP contribution < -0.4 is 0 Å². The molecule has 3 aromatic rings. The number of benzene rings is 2. The standard InChI is InChI=1S/C29H38N2O.ClH/c1-3-5-13-19-31(20-14-6-4-2)23-29(32)26-21-27(24-15-9-7-10-16-24)30-28(22-26)25-17-11-8-12-18-25;/h7-12,15-18,21-22,29,32H,3-6,13-14,19-20,23H2,1-2H3;1H. The molecule has 1 heterocycles. The zero-order valence-electron chi connectivity index (χ0n) is 20.1. The molecule has 0 saturated heterocycles. The minimum absolute atomic E-state index is 0. The van der Waals surface area contributed by atoms with Crippen LogP contribution in [-0.4, -0.2) is 34.6 Å². The number of rotatable bonds is 13. The lowest BCUT2D eigenvalue weighted by Crippen LogP contribution is -2.31. The maximum atomic E-state index is 11.3. The summed E-state index contributed by atoms with van der Waals surface area (Å²) in [5.74, 6) is 0. The van der Waals surface area contributed by atoms with Crippen molar-refractivity contribution in [1.82, 2.24) is 9.88 Å². The molecule has 1 N–H and O–H groups in total. The molecule has 33 heavy (non-hydrogen) atoms. The van der Waals surface area contributed by atoms with Crippen LogP contribution >= 0.6 is 12.4 Å². The molecule has 0 spiro atoms. The summed E-state index contributed by atoms with van der Waals surface area (Å²) in [5.41, 5.74) is 4.89. The average molecular weight is 467 g/mol. The van der Waals surface area contributed by atoms with Crippen molar-refractivity contribution in [3.05, 3.63) is 78.4 Å². The molecule has 0 bridgehead atoms. The largest absolute Gasteiger partial charge is 0.387 e. The number of aliphatic hydroxyl groups excluding tert-OH is 1. The second-order valence-corrected chi connectivity index (χ2v) is 8.63. The van der Waals surface area contributed by atoms with Crippen LogP contribution in [0.3, 0.4) is 0 Å². The lowest BCUT2D eigenvalue weighted by atomic mass is 10.0. The Morgan fingerprint density at radius 3 is 1.61 bits per heavy atom. The Labute approximate surface area is 206 Å². The van der Waals surface area contributed by atoms with Gasteiger partial charge in [0.2, 0.25) is 0 Å². The molecule has 0 radical (unpaired) electrons. The van der Waals surface area contributed by atoms with Gasteiger partial charge in [0.1, 0.15) is 0 Å². The third-order valence-electron chi connectivity index (χ3n) is 5.96. The Morgan fingerprint density at radius 2 is 1.18 bits per heavy atom. The van der Waals surface area contributed by atoms with E-state index in [4.69, 9.17) is 4.98 Å². The van der Waals surface area contributed by atoms with Gasteiger partial charge in [0.25, 0.3) is 0 Å². The van der Waals surface area contributed by atoms with Crippen LogP contribution in [0.25, 0.3) is 22.5 Å². The van der Waals surface area contributed by atoms with E-state index in [1.54, 1.807) is 0 Å². The van der Waals surface area contributed by atoms with Crippen LogP contribution in [0, 0.1) is 0 Å². The fourth-order valence-electron chi connectivity index (χ4n) is 4.07. The highest BCUT2D eigenvalue weighted by molar-refractivity contribution is 5.85. The fraction of sp³-hybridized carbons (Fsp3) is 0.414. The van der Waals surface area contributed by atoms with Crippen molar-refractivity contribution in [2.75, 3.05) is 19.6 Å². The first kappa shape index (κ1) is 27.0. The van der Waals surface area contributed by atoms with E-state index in [0.29, 0.717) is 6.54 Å². The molecule has 3 rings (SSSR count). The Bertz CT molecular complexity index is 850. The van der Waals surface area contributed by atoms with Gasteiger partial charge in [-0.2, -0.15) is 0 Å². The zero-order valence-corrected chi connectivity index (χ0v) is 20.9. The fourth-order valence-corrected chi connectivity index (χ4v) is 4.07. The number of aromatic nitrogens is 1. The first-order chi connectivity index (χ1) is 15.7. The van der Waals surface area contributed by atoms with E-state index in [9.17, 15) is 5.11 Å². The van der Waals surface area contributed by atoms with Crippen LogP contribution in [0.15, 0.2) is 72.8 Å². The van der Waals surface area contributed by atoms with Crippen LogP contribution in [0.2, 0.25) is 0 Å². The molecule has 0 saturated carbocycles. The second-order valence-electron chi connectivity index (χ2n) is 8.63. The summed E-state index contributed by atoms with van der Waals surface area (Å²) in [7, 11) is 0. The topological polar surface area (TPSA) is 36.4 Å². The van der Waals surface area contributed by atoms with E-state index < -0.39 is 6.10 Å². The van der Waals surface area contributed by atoms with Crippen molar-refractivity contribution < 1.29 is 5.11 Å². The third kappa shape index (κ3) is 8.58. The summed E-state index contributed by atoms with van der Waals surface area (Å²) in [5, 5.41) is 11.3. The molecule has 0 amide bonds. The van der Waals surface area contributed by atoms with Gasteiger partial charge in [-0.15, -0.1) is 12.4 Å². The number of hydrogen-bond acceptors (Lipinski definition) is 3. The van der Waals surface area contributed by atoms with Crippen LogP contribution in [0.5, 0.6) is 0 Å². The number of unbranched alkanes of at least 4 members (excludes halogenated alkanes) is 4. The normalized spacial score (nSPS) is 11.9. The van der Waals surface area contributed by atoms with Crippen molar-refractivity contribution >= 4 is 12.4 Å². The summed E-state index contributed by atoms with van der Waals surface area (Å²) in [6, 6.07) is 24.6. The van der Waals surface area contributed by atoms with Crippen molar-refractivity contribution in [1.29, 1.82) is 0 Å². The zero-order chi connectivity index (χ0) is 22.6. The second kappa shape index (κ2) is 14.8. The minimum Gasteiger partial charge on any atom is -0.387 e. The summed E-state index contributed by atoms with van der Waals surface area (Å²) in [4.78, 5) is 7.38. The molecule has 2 aromatic carbocycles. The number of halogens is 1. The molecule has 0 aliphatic rings. The van der Waals surface area contributed by atoms with Gasteiger partial charge in [0.15, 0.2) is 0 Å². The molecule has 178 valence electrons. The molecule has 0 aliphatic heterocycles. The Morgan fingerprint density at radius 1 is 0.727 bits per heavy atom. The van der Waals surface area contributed by atoms with Gasteiger partial charge in [0.05, 0.1) is 17.5 Å². The lowest BCUT2D eigenvalue weighted by molar-refractivity contribution is 0.110. The lowest BCUT2D eigenvalue weighted by Gasteiger charge is -2.26. The van der Waals surface area contributed by atoms with Crippen LogP contribution in [0.4, 0.5) is 0 Å². The molecule has 1 aromatic heterocycles. The van der Waals surface area contributed by atoms with Crippen molar-refractivity contribution in [3.8, 4) is 22.5 Å². The van der Waals surface area contributed by atoms with E-state index in [1.807, 2.05) is 36.4 Å². The monoisotopic (exact) mass is 466 g/mol. The minimum atomic E-state index is -0.536. The van der Waals surface area contributed by atoms with Crippen molar-refractivity contribution in [2.24, 2.45) is 0 Å². The number of nitrogens with zero attached hydrogens (tertiary/aromatic N) is 2. The molecule has 0 aliphatic carbocycles. The highest BCUT2D eigenvalue weighted by atomic mass is 35.5. The van der Waals surface area contributed by atoms with Gasteiger partial charge in [-0.05, 0) is 43.6 Å². The Kier molecular flexibility index (Phi) is 12.2. The summed E-state index contributed by atoms with van der Waals surface area (Å²) in [6.45, 7) is 7.25. The average Bonchev–Trinajstić information content (AvgIpc) is 2.85. The number of pyridine rings is 1. The third-order valence-corrected chi connectivity index (χ3v) is 5.96. The quantitative estimate of drug-likeness (QED) is 0.264. The molecule has 3 nitrogen and oxygen atoms in total. The van der Waals surface area contributed by atoms with E-state index >= 15 is 0 Å². The van der Waals surface area contributed by atoms with E-state index in [-0.39, 0.29) is 12.4 Å². The summed E-state index contributed by atoms with van der Waals surface area (Å²) < 4.78 is 0. The van der Waals surface area contributed by atoms with Gasteiger partial charge in [0, 0.05) is 17.7 Å². The SMILES string of the molecule is CCCCCN(CCCCC)CC(O)c1cc(-c2ccccc2)nc(-c2ccccc2)c1.Cl. The Balaban J connectivity index is 0.00000385. The predicted octanol–water partition coefficient (Wildman–Crippen LogP) is 7.55. The summed E-state index contributed by atoms with van der Waals surface area (Å²) in [6.07, 6.45) is 6.77. The Hall–Kier alpha value is -2.20. The molecule has 1 atom stereocenters. The highest BCUT2D eigenvalue weighted by Gasteiger charge is 2.16. The molecule has 4 heteroatoms. The number of aliphatic hydroxyl groups is 1. The van der Waals surface area contributed by atoms with Gasteiger partial charge in [-0.25, -0.2) is 4.98 Å². The highest BCUT2D eigenvalue weighted by Crippen LogP contribution is 2.28. The molecular weight excluding hydrogens is 428 g/mol. The van der Waals surface area contributed by atoms with E-state index in [1.165, 1.54) is 38.5 Å². The van der Waals surface area contributed by atoms with Crippen LogP contribution in [-0.2, 0) is 0 Å². The van der Waals surface area contributed by atoms with E-state index in [2.05, 4.69) is 55.1 Å².